The molecule has 0 aromatic heterocycles. The molecule has 4 aliphatic carbocycles. The Morgan fingerprint density at radius 2 is 1.79 bits per heavy atom. The Morgan fingerprint density at radius 1 is 1.00 bits per heavy atom. The molecule has 5 rings (SSSR count). The highest BCUT2D eigenvalue weighted by Gasteiger charge is 2.63. The normalized spacial score (nSPS) is 52.8. The van der Waals surface area contributed by atoms with Crippen LogP contribution in [0.25, 0.3) is 0 Å². The molecule has 0 aromatic rings. The lowest BCUT2D eigenvalue weighted by atomic mass is 9.44. The number of ether oxygens (including phenoxy) is 2. The minimum Gasteiger partial charge on any atom is -0.348 e. The van der Waals surface area contributed by atoms with E-state index in [0.29, 0.717) is 29.0 Å². The van der Waals surface area contributed by atoms with Gasteiger partial charge in [0.1, 0.15) is 5.78 Å². The average molecular weight is 332 g/mol. The van der Waals surface area contributed by atoms with Crippen molar-refractivity contribution in [1.29, 1.82) is 0 Å². The molecular weight excluding hydrogens is 300 g/mol. The van der Waals surface area contributed by atoms with E-state index in [1.165, 1.54) is 32.1 Å². The van der Waals surface area contributed by atoms with Gasteiger partial charge < -0.3 is 9.47 Å². The van der Waals surface area contributed by atoms with E-state index in [4.69, 9.17) is 9.47 Å². The van der Waals surface area contributed by atoms with Crippen molar-refractivity contribution in [3.05, 3.63) is 0 Å². The Balaban J connectivity index is 1.46. The minimum atomic E-state index is -0.309. The van der Waals surface area contributed by atoms with E-state index in [0.717, 1.165) is 44.8 Å². The maximum atomic E-state index is 13.3. The fourth-order valence-electron chi connectivity index (χ4n) is 7.78. The molecule has 6 unspecified atom stereocenters. The van der Waals surface area contributed by atoms with Gasteiger partial charge in [0, 0.05) is 25.2 Å². The second-order valence-electron chi connectivity index (χ2n) is 10.0. The molecule has 0 aromatic carbocycles. The molecule has 1 saturated heterocycles. The van der Waals surface area contributed by atoms with E-state index in [9.17, 15) is 4.79 Å². The summed E-state index contributed by atoms with van der Waals surface area (Å²) in [5.41, 5.74) is 0.499. The lowest BCUT2D eigenvalue weighted by Crippen LogP contribution is -2.58. The third-order valence-corrected chi connectivity index (χ3v) is 8.94. The molecule has 1 aliphatic heterocycles. The quantitative estimate of drug-likeness (QED) is 0.662. The van der Waals surface area contributed by atoms with Crippen LogP contribution in [0.1, 0.15) is 71.6 Å². The predicted molar refractivity (Wildman–Crippen MR) is 91.4 cm³/mol. The maximum absolute atomic E-state index is 13.3. The zero-order chi connectivity index (χ0) is 16.6. The third-order valence-electron chi connectivity index (χ3n) is 8.94. The number of fused-ring (bicyclic) bond motifs is 5. The number of hydrogen-bond acceptors (Lipinski definition) is 3. The Kier molecular flexibility index (Phi) is 3.34. The van der Waals surface area contributed by atoms with Crippen LogP contribution in [0.2, 0.25) is 0 Å². The Hall–Kier alpha value is -0.410. The first-order valence-electron chi connectivity index (χ1n) is 10.3. The second kappa shape index (κ2) is 5.07. The van der Waals surface area contributed by atoms with Crippen LogP contribution in [0, 0.1) is 34.5 Å². The first-order valence-corrected chi connectivity index (χ1v) is 10.3. The van der Waals surface area contributed by atoms with E-state index in [2.05, 4.69) is 13.8 Å². The van der Waals surface area contributed by atoms with Crippen LogP contribution in [-0.2, 0) is 14.3 Å². The molecule has 4 saturated carbocycles. The maximum Gasteiger partial charge on any atom is 0.168 e. The number of hydrogen-bond donors (Lipinski definition) is 0. The van der Waals surface area contributed by atoms with Crippen molar-refractivity contribution in [3.8, 4) is 0 Å². The van der Waals surface area contributed by atoms with Crippen molar-refractivity contribution in [1.82, 2.24) is 0 Å². The van der Waals surface area contributed by atoms with Crippen molar-refractivity contribution in [2.24, 2.45) is 34.5 Å². The molecule has 3 heteroatoms. The topological polar surface area (TPSA) is 35.5 Å². The van der Waals surface area contributed by atoms with Crippen molar-refractivity contribution >= 4 is 5.78 Å². The van der Waals surface area contributed by atoms with Crippen LogP contribution in [0.3, 0.4) is 0 Å². The molecule has 0 bridgehead atoms. The second-order valence-corrected chi connectivity index (χ2v) is 10.0. The molecule has 0 N–H and O–H groups in total. The average Bonchev–Trinajstić information content (AvgIpc) is 3.14. The van der Waals surface area contributed by atoms with Gasteiger partial charge in [-0.05, 0) is 60.7 Å². The molecule has 24 heavy (non-hydrogen) atoms. The number of rotatable bonds is 0. The molecular formula is C21H32O3. The molecule has 0 amide bonds. The summed E-state index contributed by atoms with van der Waals surface area (Å²) >= 11 is 0. The SMILES string of the molecule is CC12CCCC1C1CCC3CC4(CCC3(C)C1C(=O)C2)OCCO4. The van der Waals surface area contributed by atoms with Gasteiger partial charge in [0.15, 0.2) is 5.79 Å². The van der Waals surface area contributed by atoms with Crippen molar-refractivity contribution in [2.45, 2.75) is 77.4 Å². The summed E-state index contributed by atoms with van der Waals surface area (Å²) in [6.45, 7) is 6.33. The summed E-state index contributed by atoms with van der Waals surface area (Å²) in [5.74, 6) is 2.65. The van der Waals surface area contributed by atoms with Crippen LogP contribution in [0.5, 0.6) is 0 Å². The minimum absolute atomic E-state index is 0.185. The van der Waals surface area contributed by atoms with Gasteiger partial charge in [-0.1, -0.05) is 20.3 Å². The highest BCUT2D eigenvalue weighted by atomic mass is 16.7. The molecule has 3 nitrogen and oxygen atoms in total. The van der Waals surface area contributed by atoms with Gasteiger partial charge in [-0.25, -0.2) is 0 Å². The Labute approximate surface area is 145 Å². The fraction of sp³-hybridized carbons (Fsp3) is 0.952. The molecule has 1 heterocycles. The summed E-state index contributed by atoms with van der Waals surface area (Å²) in [4.78, 5) is 13.3. The summed E-state index contributed by atoms with van der Waals surface area (Å²) in [6.07, 6.45) is 10.5. The van der Waals surface area contributed by atoms with Gasteiger partial charge in [0.25, 0.3) is 0 Å². The molecule has 1 spiro atoms. The number of carbonyl (C=O) groups is 1. The Morgan fingerprint density at radius 3 is 2.58 bits per heavy atom. The molecule has 5 aliphatic rings. The molecule has 134 valence electrons. The number of ketones is 1. The predicted octanol–water partition coefficient (Wildman–Crippen LogP) is 4.34. The van der Waals surface area contributed by atoms with E-state index < -0.39 is 0 Å². The lowest BCUT2D eigenvalue weighted by Gasteiger charge is -2.60. The third kappa shape index (κ3) is 2.00. The standard InChI is InChI=1S/C21H32O3/c1-19-7-3-4-16(19)15-6-5-14-12-21(23-10-11-24-21)9-8-20(14,2)18(15)17(22)13-19/h14-16,18H,3-13H2,1-2H3. The van der Waals surface area contributed by atoms with Crippen LogP contribution in [0.15, 0.2) is 0 Å². The lowest BCUT2D eigenvalue weighted by molar-refractivity contribution is -0.226. The number of Topliss-reactive ketones (excluding diaryl/α,β-unsaturated/α-hetero) is 1. The van der Waals surface area contributed by atoms with Gasteiger partial charge in [-0.2, -0.15) is 0 Å². The van der Waals surface area contributed by atoms with E-state index in [1.807, 2.05) is 0 Å². The van der Waals surface area contributed by atoms with Crippen LogP contribution in [0.4, 0.5) is 0 Å². The smallest absolute Gasteiger partial charge is 0.168 e. The number of carbonyl (C=O) groups excluding carboxylic acids is 1. The molecule has 0 radical (unpaired) electrons. The van der Waals surface area contributed by atoms with E-state index in [1.54, 1.807) is 0 Å². The first kappa shape index (κ1) is 15.8. The Bertz CT molecular complexity index is 551. The van der Waals surface area contributed by atoms with Gasteiger partial charge in [-0.3, -0.25) is 4.79 Å². The highest BCUT2D eigenvalue weighted by molar-refractivity contribution is 5.84. The highest BCUT2D eigenvalue weighted by Crippen LogP contribution is 2.66. The van der Waals surface area contributed by atoms with Crippen molar-refractivity contribution in [3.63, 3.8) is 0 Å². The van der Waals surface area contributed by atoms with Gasteiger partial charge in [-0.15, -0.1) is 0 Å². The zero-order valence-electron chi connectivity index (χ0n) is 15.3. The van der Waals surface area contributed by atoms with Crippen LogP contribution >= 0.6 is 0 Å². The van der Waals surface area contributed by atoms with E-state index >= 15 is 0 Å². The van der Waals surface area contributed by atoms with Crippen molar-refractivity contribution < 1.29 is 14.3 Å². The molecule has 5 fully saturated rings. The van der Waals surface area contributed by atoms with Crippen molar-refractivity contribution in [2.75, 3.05) is 13.2 Å². The molecule has 6 atom stereocenters. The monoisotopic (exact) mass is 332 g/mol. The summed E-state index contributed by atoms with van der Waals surface area (Å²) in [6, 6.07) is 0. The fourth-order valence-corrected chi connectivity index (χ4v) is 7.78. The first-order chi connectivity index (χ1) is 11.5. The van der Waals surface area contributed by atoms with Gasteiger partial charge >= 0.3 is 0 Å². The van der Waals surface area contributed by atoms with Crippen LogP contribution in [-0.4, -0.2) is 24.8 Å². The summed E-state index contributed by atoms with van der Waals surface area (Å²) in [5, 5.41) is 0. The zero-order valence-corrected chi connectivity index (χ0v) is 15.3. The summed E-state index contributed by atoms with van der Waals surface area (Å²) in [7, 11) is 0. The van der Waals surface area contributed by atoms with Gasteiger partial charge in [0.05, 0.1) is 13.2 Å². The largest absolute Gasteiger partial charge is 0.348 e. The summed E-state index contributed by atoms with van der Waals surface area (Å²) < 4.78 is 12.0. The van der Waals surface area contributed by atoms with Crippen LogP contribution < -0.4 is 0 Å². The van der Waals surface area contributed by atoms with E-state index in [-0.39, 0.29) is 11.2 Å². The van der Waals surface area contributed by atoms with Gasteiger partial charge in [0.2, 0.25) is 0 Å².